The van der Waals surface area contributed by atoms with Gasteiger partial charge in [0.15, 0.2) is 0 Å². The molecule has 0 aromatic heterocycles. The highest BCUT2D eigenvalue weighted by atomic mass is 16.4. The largest absolute Gasteiger partial charge is 0.481 e. The summed E-state index contributed by atoms with van der Waals surface area (Å²) in [4.78, 5) is 23.0. The van der Waals surface area contributed by atoms with Crippen LogP contribution in [0.1, 0.15) is 31.2 Å². The van der Waals surface area contributed by atoms with E-state index in [9.17, 15) is 9.59 Å². The van der Waals surface area contributed by atoms with Crippen LogP contribution in [0, 0.1) is 29.6 Å². The van der Waals surface area contributed by atoms with Crippen LogP contribution in [-0.2, 0) is 16.0 Å². The van der Waals surface area contributed by atoms with E-state index in [-0.39, 0.29) is 18.2 Å². The fourth-order valence-corrected chi connectivity index (χ4v) is 4.91. The number of carbonyl (C=O) groups excluding carboxylic acids is 1. The van der Waals surface area contributed by atoms with Gasteiger partial charge in [0.05, 0.1) is 0 Å². The van der Waals surface area contributed by atoms with Gasteiger partial charge < -0.3 is 10.4 Å². The summed E-state index contributed by atoms with van der Waals surface area (Å²) in [5, 5.41) is 11.7. The Morgan fingerprint density at radius 1 is 1.09 bits per heavy atom. The van der Waals surface area contributed by atoms with Crippen molar-refractivity contribution in [1.29, 1.82) is 0 Å². The molecule has 4 nitrogen and oxygen atoms in total. The number of fused-ring (bicyclic) bond motifs is 5. The molecule has 3 aliphatic carbocycles. The van der Waals surface area contributed by atoms with Crippen LogP contribution in [0.25, 0.3) is 0 Å². The van der Waals surface area contributed by atoms with Gasteiger partial charge in [0, 0.05) is 18.0 Å². The van der Waals surface area contributed by atoms with Crippen LogP contribution in [-0.4, -0.2) is 17.0 Å². The summed E-state index contributed by atoms with van der Waals surface area (Å²) in [5.74, 6) is 2.59. The van der Waals surface area contributed by atoms with Gasteiger partial charge in [0.1, 0.15) is 0 Å². The number of rotatable bonds is 5. The Hall–Kier alpha value is -1.84. The molecule has 0 saturated heterocycles. The molecular weight excluding hydrogens is 278 g/mol. The Bertz CT molecular complexity index is 593. The van der Waals surface area contributed by atoms with E-state index in [0.29, 0.717) is 18.3 Å². The number of carbonyl (C=O) groups is 2. The van der Waals surface area contributed by atoms with E-state index < -0.39 is 5.97 Å². The lowest BCUT2D eigenvalue weighted by Crippen LogP contribution is -2.18. The first-order valence-electron chi connectivity index (χ1n) is 8.25. The molecule has 3 aliphatic rings. The predicted octanol–water partition coefficient (Wildman–Crippen LogP) is 2.93. The van der Waals surface area contributed by atoms with Crippen molar-refractivity contribution in [1.82, 2.24) is 0 Å². The fourth-order valence-electron chi connectivity index (χ4n) is 4.91. The highest BCUT2D eigenvalue weighted by Gasteiger charge is 2.67. The standard InChI is InChI=1S/C18H21NO3/c20-14(21)8-3-10-1-6-13(7-2-10)19-18(22)17-15-11-4-5-12(9-11)16(15)17/h1-2,6-7,11-12,15-17H,3-5,8-9H2,(H,19,22)(H,20,21)/t11-,12-,15-,16+,17?/m0/s1. The molecule has 2 bridgehead atoms. The number of anilines is 1. The lowest BCUT2D eigenvalue weighted by atomic mass is 10.0. The molecule has 5 atom stereocenters. The number of carboxylic acid groups (broad SMARTS) is 1. The van der Waals surface area contributed by atoms with Gasteiger partial charge in [-0.3, -0.25) is 9.59 Å². The minimum atomic E-state index is -0.785. The second-order valence-electron chi connectivity index (χ2n) is 7.09. The van der Waals surface area contributed by atoms with Gasteiger partial charge in [0.25, 0.3) is 0 Å². The van der Waals surface area contributed by atoms with Crippen molar-refractivity contribution in [2.75, 3.05) is 5.32 Å². The average Bonchev–Trinajstić information content (AvgIpc) is 2.95. The van der Waals surface area contributed by atoms with Crippen molar-refractivity contribution in [2.24, 2.45) is 29.6 Å². The maximum atomic E-state index is 12.4. The molecular formula is C18H21NO3. The SMILES string of the molecule is O=C(O)CCc1ccc(NC(=O)C2[C@@H]3[C@H]4CC[C@@H](C4)[C@H]23)cc1. The molecule has 22 heavy (non-hydrogen) atoms. The van der Waals surface area contributed by atoms with Gasteiger partial charge >= 0.3 is 5.97 Å². The minimum absolute atomic E-state index is 0.139. The van der Waals surface area contributed by atoms with E-state index >= 15 is 0 Å². The second kappa shape index (κ2) is 5.11. The minimum Gasteiger partial charge on any atom is -0.481 e. The molecule has 116 valence electrons. The first-order valence-corrected chi connectivity index (χ1v) is 8.25. The van der Waals surface area contributed by atoms with Crippen LogP contribution in [0.5, 0.6) is 0 Å². The first-order chi connectivity index (χ1) is 10.6. The quantitative estimate of drug-likeness (QED) is 0.878. The third-order valence-corrected chi connectivity index (χ3v) is 5.89. The molecule has 4 heteroatoms. The molecule has 1 aromatic rings. The molecule has 4 rings (SSSR count). The van der Waals surface area contributed by atoms with Crippen LogP contribution in [0.2, 0.25) is 0 Å². The van der Waals surface area contributed by atoms with E-state index in [1.165, 1.54) is 19.3 Å². The predicted molar refractivity (Wildman–Crippen MR) is 82.3 cm³/mol. The Balaban J connectivity index is 1.34. The number of amides is 1. The Morgan fingerprint density at radius 3 is 2.32 bits per heavy atom. The zero-order chi connectivity index (χ0) is 15.3. The number of benzene rings is 1. The molecule has 1 unspecified atom stereocenters. The smallest absolute Gasteiger partial charge is 0.303 e. The van der Waals surface area contributed by atoms with Crippen molar-refractivity contribution < 1.29 is 14.7 Å². The van der Waals surface area contributed by atoms with Crippen LogP contribution >= 0.6 is 0 Å². The number of aliphatic carboxylic acids is 1. The molecule has 0 aliphatic heterocycles. The summed E-state index contributed by atoms with van der Waals surface area (Å²) in [5.41, 5.74) is 1.81. The number of aryl methyl sites for hydroxylation is 1. The van der Waals surface area contributed by atoms with Gasteiger partial charge in [-0.2, -0.15) is 0 Å². The highest BCUT2D eigenvalue weighted by molar-refractivity contribution is 5.95. The van der Waals surface area contributed by atoms with Crippen LogP contribution < -0.4 is 5.32 Å². The number of nitrogens with one attached hydrogen (secondary N) is 1. The monoisotopic (exact) mass is 299 g/mol. The van der Waals surface area contributed by atoms with E-state index in [1.807, 2.05) is 24.3 Å². The summed E-state index contributed by atoms with van der Waals surface area (Å²) < 4.78 is 0. The molecule has 0 radical (unpaired) electrons. The van der Waals surface area contributed by atoms with Crippen LogP contribution in [0.3, 0.4) is 0 Å². The Morgan fingerprint density at radius 2 is 1.73 bits per heavy atom. The van der Waals surface area contributed by atoms with Gasteiger partial charge in [-0.05, 0) is 67.1 Å². The van der Waals surface area contributed by atoms with Gasteiger partial charge in [-0.25, -0.2) is 0 Å². The number of hydrogen-bond donors (Lipinski definition) is 2. The van der Waals surface area contributed by atoms with E-state index in [4.69, 9.17) is 5.11 Å². The lowest BCUT2D eigenvalue weighted by molar-refractivity contribution is -0.137. The van der Waals surface area contributed by atoms with E-state index in [1.54, 1.807) is 0 Å². The third-order valence-electron chi connectivity index (χ3n) is 5.89. The lowest BCUT2D eigenvalue weighted by Gasteiger charge is -2.10. The van der Waals surface area contributed by atoms with Crippen molar-refractivity contribution >= 4 is 17.6 Å². The van der Waals surface area contributed by atoms with Crippen molar-refractivity contribution in [2.45, 2.75) is 32.1 Å². The topological polar surface area (TPSA) is 66.4 Å². The fraction of sp³-hybridized carbons (Fsp3) is 0.556. The summed E-state index contributed by atoms with van der Waals surface area (Å²) in [7, 11) is 0. The number of hydrogen-bond acceptors (Lipinski definition) is 2. The zero-order valence-electron chi connectivity index (χ0n) is 12.5. The molecule has 2 N–H and O–H groups in total. The van der Waals surface area contributed by atoms with Crippen LogP contribution in [0.15, 0.2) is 24.3 Å². The second-order valence-corrected chi connectivity index (χ2v) is 7.09. The Kier molecular flexibility index (Phi) is 3.21. The Labute approximate surface area is 129 Å². The third kappa shape index (κ3) is 2.31. The van der Waals surface area contributed by atoms with Crippen molar-refractivity contribution in [3.8, 4) is 0 Å². The summed E-state index contributed by atoms with van der Waals surface area (Å²) in [6.07, 6.45) is 4.68. The molecule has 1 amide bonds. The van der Waals surface area contributed by atoms with Gasteiger partial charge in [-0.15, -0.1) is 0 Å². The van der Waals surface area contributed by atoms with E-state index in [2.05, 4.69) is 5.32 Å². The maximum Gasteiger partial charge on any atom is 0.303 e. The van der Waals surface area contributed by atoms with Crippen LogP contribution in [0.4, 0.5) is 5.69 Å². The number of carboxylic acids is 1. The first kappa shape index (κ1) is 13.8. The van der Waals surface area contributed by atoms with Crippen molar-refractivity contribution in [3.05, 3.63) is 29.8 Å². The van der Waals surface area contributed by atoms with E-state index in [0.717, 1.165) is 23.1 Å². The normalized spacial score (nSPS) is 34.3. The molecule has 3 fully saturated rings. The summed E-state index contributed by atoms with van der Waals surface area (Å²) >= 11 is 0. The van der Waals surface area contributed by atoms with Gasteiger partial charge in [0.2, 0.25) is 5.91 Å². The average molecular weight is 299 g/mol. The van der Waals surface area contributed by atoms with Gasteiger partial charge in [-0.1, -0.05) is 12.1 Å². The summed E-state index contributed by atoms with van der Waals surface area (Å²) in [6.45, 7) is 0. The summed E-state index contributed by atoms with van der Waals surface area (Å²) in [6, 6.07) is 7.55. The maximum absolute atomic E-state index is 12.4. The molecule has 0 spiro atoms. The molecule has 0 heterocycles. The molecule has 1 aromatic carbocycles. The highest BCUT2D eigenvalue weighted by Crippen LogP contribution is 2.69. The molecule has 3 saturated carbocycles. The van der Waals surface area contributed by atoms with Crippen molar-refractivity contribution in [3.63, 3.8) is 0 Å². The zero-order valence-corrected chi connectivity index (χ0v) is 12.5.